The van der Waals surface area contributed by atoms with Gasteiger partial charge in [-0.3, -0.25) is 4.57 Å². The van der Waals surface area contributed by atoms with Crippen LogP contribution in [0.5, 0.6) is 0 Å². The average molecular weight is 256 g/mol. The maximum Gasteiger partial charge on any atom is 0.343 e. The molecule has 1 aliphatic rings. The number of nitrogens with one attached hydrogen (secondary N) is 1. The fourth-order valence-corrected chi connectivity index (χ4v) is 3.76. The summed E-state index contributed by atoms with van der Waals surface area (Å²) in [5.41, 5.74) is 6.30. The van der Waals surface area contributed by atoms with Crippen LogP contribution < -0.4 is 11.4 Å². The molecule has 0 aliphatic heterocycles. The molecule has 17 heavy (non-hydrogen) atoms. The first kappa shape index (κ1) is 12.7. The standard InChI is InChI=1S/C11H20N4OS/c1-4-15-9(16)13-14-10(15)17-7-5-6-11(2,3)8(7)12/h7-8H,4-6,12H2,1-3H3,(H,13,16). The van der Waals surface area contributed by atoms with Gasteiger partial charge in [0.05, 0.1) is 0 Å². The SMILES string of the molecule is CCn1c(SC2CCC(C)(C)C2N)n[nH]c1=O. The van der Waals surface area contributed by atoms with E-state index in [2.05, 4.69) is 24.0 Å². The number of aromatic nitrogens is 3. The number of aromatic amines is 1. The van der Waals surface area contributed by atoms with Crippen LogP contribution in [0.25, 0.3) is 0 Å². The number of H-pyrrole nitrogens is 1. The highest BCUT2D eigenvalue weighted by molar-refractivity contribution is 7.99. The van der Waals surface area contributed by atoms with E-state index in [4.69, 9.17) is 5.73 Å². The summed E-state index contributed by atoms with van der Waals surface area (Å²) in [6, 6.07) is 0.157. The molecular weight excluding hydrogens is 236 g/mol. The highest BCUT2D eigenvalue weighted by atomic mass is 32.2. The summed E-state index contributed by atoms with van der Waals surface area (Å²) in [4.78, 5) is 11.5. The fraction of sp³-hybridized carbons (Fsp3) is 0.818. The Kier molecular flexibility index (Phi) is 3.36. The van der Waals surface area contributed by atoms with Crippen molar-refractivity contribution in [1.82, 2.24) is 14.8 Å². The molecule has 6 heteroatoms. The van der Waals surface area contributed by atoms with Crippen molar-refractivity contribution in [2.24, 2.45) is 11.1 Å². The quantitative estimate of drug-likeness (QED) is 0.852. The van der Waals surface area contributed by atoms with Crippen LogP contribution in [0.3, 0.4) is 0 Å². The second kappa shape index (κ2) is 4.49. The third kappa shape index (κ3) is 2.28. The maximum absolute atomic E-state index is 11.5. The largest absolute Gasteiger partial charge is 0.343 e. The molecule has 2 unspecified atom stereocenters. The molecule has 2 rings (SSSR count). The lowest BCUT2D eigenvalue weighted by atomic mass is 9.88. The first-order valence-electron chi connectivity index (χ1n) is 6.03. The van der Waals surface area contributed by atoms with Gasteiger partial charge in [0.1, 0.15) is 0 Å². The summed E-state index contributed by atoms with van der Waals surface area (Å²) >= 11 is 1.63. The molecule has 0 saturated heterocycles. The van der Waals surface area contributed by atoms with Gasteiger partial charge in [-0.25, -0.2) is 9.89 Å². The van der Waals surface area contributed by atoms with Gasteiger partial charge in [-0.15, -0.1) is 5.10 Å². The molecule has 5 nitrogen and oxygen atoms in total. The van der Waals surface area contributed by atoms with Crippen molar-refractivity contribution >= 4 is 11.8 Å². The molecule has 1 aromatic rings. The van der Waals surface area contributed by atoms with Gasteiger partial charge in [0.2, 0.25) is 0 Å². The van der Waals surface area contributed by atoms with Gasteiger partial charge < -0.3 is 5.73 Å². The van der Waals surface area contributed by atoms with Gasteiger partial charge in [0.15, 0.2) is 5.16 Å². The molecule has 3 N–H and O–H groups in total. The van der Waals surface area contributed by atoms with Crippen molar-refractivity contribution in [3.63, 3.8) is 0 Å². The van der Waals surface area contributed by atoms with Crippen LogP contribution in [-0.4, -0.2) is 26.1 Å². The zero-order chi connectivity index (χ0) is 12.6. The number of rotatable bonds is 3. The molecule has 0 radical (unpaired) electrons. The van der Waals surface area contributed by atoms with Gasteiger partial charge >= 0.3 is 5.69 Å². The van der Waals surface area contributed by atoms with Crippen molar-refractivity contribution in [1.29, 1.82) is 0 Å². The van der Waals surface area contributed by atoms with E-state index in [9.17, 15) is 4.79 Å². The number of thioether (sulfide) groups is 1. The van der Waals surface area contributed by atoms with E-state index in [1.165, 1.54) is 0 Å². The van der Waals surface area contributed by atoms with Crippen LogP contribution in [-0.2, 0) is 6.54 Å². The van der Waals surface area contributed by atoms with Crippen molar-refractivity contribution in [3.05, 3.63) is 10.5 Å². The van der Waals surface area contributed by atoms with Crippen LogP contribution in [0.4, 0.5) is 0 Å². The second-order valence-electron chi connectivity index (χ2n) is 5.26. The number of nitrogens with two attached hydrogens (primary N) is 1. The van der Waals surface area contributed by atoms with Gasteiger partial charge in [0.25, 0.3) is 0 Å². The molecule has 1 heterocycles. The van der Waals surface area contributed by atoms with Crippen molar-refractivity contribution in [2.75, 3.05) is 0 Å². The second-order valence-corrected chi connectivity index (χ2v) is 6.47. The van der Waals surface area contributed by atoms with Gasteiger partial charge in [-0.05, 0) is 25.2 Å². The third-order valence-electron chi connectivity index (χ3n) is 3.67. The van der Waals surface area contributed by atoms with E-state index >= 15 is 0 Å². The lowest BCUT2D eigenvalue weighted by Gasteiger charge is -2.26. The summed E-state index contributed by atoms with van der Waals surface area (Å²) in [6.07, 6.45) is 2.22. The number of nitrogens with zero attached hydrogens (tertiary/aromatic N) is 2. The highest BCUT2D eigenvalue weighted by Crippen LogP contribution is 2.43. The molecule has 0 bridgehead atoms. The van der Waals surface area contributed by atoms with E-state index in [0.29, 0.717) is 11.8 Å². The Labute approximate surface area is 105 Å². The number of hydrogen-bond acceptors (Lipinski definition) is 4. The van der Waals surface area contributed by atoms with Crippen LogP contribution in [0.15, 0.2) is 9.95 Å². The van der Waals surface area contributed by atoms with Crippen molar-refractivity contribution < 1.29 is 0 Å². The predicted octanol–water partition coefficient (Wildman–Crippen LogP) is 1.20. The van der Waals surface area contributed by atoms with E-state index < -0.39 is 0 Å². The Morgan fingerprint density at radius 3 is 2.88 bits per heavy atom. The highest BCUT2D eigenvalue weighted by Gasteiger charge is 2.40. The first-order valence-corrected chi connectivity index (χ1v) is 6.91. The Morgan fingerprint density at radius 1 is 1.65 bits per heavy atom. The first-order chi connectivity index (χ1) is 7.95. The molecule has 0 aromatic carbocycles. The molecule has 1 aromatic heterocycles. The monoisotopic (exact) mass is 256 g/mol. The van der Waals surface area contributed by atoms with Gasteiger partial charge in [0, 0.05) is 17.8 Å². The zero-order valence-corrected chi connectivity index (χ0v) is 11.4. The Balaban J connectivity index is 2.14. The third-order valence-corrected chi connectivity index (χ3v) is 5.03. The van der Waals surface area contributed by atoms with E-state index in [1.54, 1.807) is 16.3 Å². The molecule has 1 saturated carbocycles. The van der Waals surface area contributed by atoms with Crippen molar-refractivity contribution in [3.8, 4) is 0 Å². The molecule has 1 fully saturated rings. The van der Waals surface area contributed by atoms with E-state index in [1.807, 2.05) is 6.92 Å². The normalized spacial score (nSPS) is 27.5. The van der Waals surface area contributed by atoms with Crippen LogP contribution in [0, 0.1) is 5.41 Å². The molecular formula is C11H20N4OS. The Hall–Kier alpha value is -0.750. The summed E-state index contributed by atoms with van der Waals surface area (Å²) in [5.74, 6) is 0. The Bertz CT molecular complexity index is 451. The van der Waals surface area contributed by atoms with Crippen LogP contribution in [0.1, 0.15) is 33.6 Å². The summed E-state index contributed by atoms with van der Waals surface area (Å²) in [6.45, 7) is 6.99. The van der Waals surface area contributed by atoms with E-state index in [0.717, 1.165) is 18.0 Å². The molecule has 96 valence electrons. The maximum atomic E-state index is 11.5. The molecule has 2 atom stereocenters. The summed E-state index contributed by atoms with van der Waals surface area (Å²) in [7, 11) is 0. The predicted molar refractivity (Wildman–Crippen MR) is 69.2 cm³/mol. The summed E-state index contributed by atoms with van der Waals surface area (Å²) in [5, 5.41) is 7.67. The molecule has 0 spiro atoms. The zero-order valence-electron chi connectivity index (χ0n) is 10.6. The smallest absolute Gasteiger partial charge is 0.326 e. The molecule has 1 aliphatic carbocycles. The van der Waals surface area contributed by atoms with Crippen LogP contribution >= 0.6 is 11.8 Å². The topological polar surface area (TPSA) is 76.7 Å². The van der Waals surface area contributed by atoms with E-state index in [-0.39, 0.29) is 17.1 Å². The summed E-state index contributed by atoms with van der Waals surface area (Å²) < 4.78 is 1.66. The minimum Gasteiger partial charge on any atom is -0.326 e. The van der Waals surface area contributed by atoms with Gasteiger partial charge in [-0.2, -0.15) is 0 Å². The fourth-order valence-electron chi connectivity index (χ4n) is 2.30. The lowest BCUT2D eigenvalue weighted by Crippen LogP contribution is -2.38. The number of hydrogen-bond donors (Lipinski definition) is 2. The minimum absolute atomic E-state index is 0.138. The molecule has 0 amide bonds. The van der Waals surface area contributed by atoms with Gasteiger partial charge in [-0.1, -0.05) is 25.6 Å². The average Bonchev–Trinajstić information content (AvgIpc) is 2.74. The van der Waals surface area contributed by atoms with Crippen molar-refractivity contribution in [2.45, 2.75) is 56.6 Å². The lowest BCUT2D eigenvalue weighted by molar-refractivity contribution is 0.334. The van der Waals surface area contributed by atoms with Crippen LogP contribution in [0.2, 0.25) is 0 Å². The minimum atomic E-state index is -0.138. The Morgan fingerprint density at radius 2 is 2.35 bits per heavy atom.